The molecule has 3 rings (SSSR count). The highest BCUT2D eigenvalue weighted by Crippen LogP contribution is 2.31. The van der Waals surface area contributed by atoms with E-state index in [-0.39, 0.29) is 17.7 Å². The molecule has 0 spiro atoms. The second-order valence-electron chi connectivity index (χ2n) is 7.63. The fourth-order valence-corrected chi connectivity index (χ4v) is 4.43. The van der Waals surface area contributed by atoms with Gasteiger partial charge in [-0.2, -0.15) is 0 Å². The van der Waals surface area contributed by atoms with E-state index in [9.17, 15) is 19.2 Å². The number of aryl methyl sites for hydroxylation is 1. The molecule has 146 valence electrons. The van der Waals surface area contributed by atoms with Crippen molar-refractivity contribution >= 4 is 23.6 Å². The van der Waals surface area contributed by atoms with E-state index in [1.165, 1.54) is 0 Å². The van der Waals surface area contributed by atoms with Crippen LogP contribution in [0.3, 0.4) is 0 Å². The van der Waals surface area contributed by atoms with Crippen LogP contribution >= 0.6 is 0 Å². The van der Waals surface area contributed by atoms with Crippen LogP contribution in [0.4, 0.5) is 4.79 Å². The molecule has 0 N–H and O–H groups in total. The molecule has 0 radical (unpaired) electrons. The van der Waals surface area contributed by atoms with Gasteiger partial charge in [0.15, 0.2) is 5.78 Å². The molecule has 4 amide bonds. The average Bonchev–Trinajstić information content (AvgIpc) is 3.03. The number of carbonyl (C=O) groups is 4. The minimum absolute atomic E-state index is 0.165. The summed E-state index contributed by atoms with van der Waals surface area (Å²) in [7, 11) is 0. The molecular formula is C20H27N3O4. The van der Waals surface area contributed by atoms with Gasteiger partial charge < -0.3 is 4.57 Å². The Kier molecular flexibility index (Phi) is 5.22. The van der Waals surface area contributed by atoms with E-state index in [4.69, 9.17) is 0 Å². The van der Waals surface area contributed by atoms with Crippen LogP contribution in [0.1, 0.15) is 61.3 Å². The maximum atomic E-state index is 12.8. The lowest BCUT2D eigenvalue weighted by Gasteiger charge is -2.34. The van der Waals surface area contributed by atoms with Crippen LogP contribution in [0.2, 0.25) is 0 Å². The number of ketones is 1. The van der Waals surface area contributed by atoms with E-state index in [1.807, 2.05) is 32.3 Å². The fraction of sp³-hybridized carbons (Fsp3) is 0.600. The summed E-state index contributed by atoms with van der Waals surface area (Å²) in [6, 6.07) is 0.865. The molecule has 2 heterocycles. The maximum absolute atomic E-state index is 12.8. The van der Waals surface area contributed by atoms with Crippen molar-refractivity contribution in [1.29, 1.82) is 0 Å². The molecule has 1 aromatic heterocycles. The van der Waals surface area contributed by atoms with Crippen LogP contribution in [0.25, 0.3) is 0 Å². The highest BCUT2D eigenvalue weighted by atomic mass is 16.2. The zero-order valence-electron chi connectivity index (χ0n) is 16.4. The molecule has 1 aliphatic heterocycles. The lowest BCUT2D eigenvalue weighted by Crippen LogP contribution is -2.46. The molecule has 1 aromatic rings. The summed E-state index contributed by atoms with van der Waals surface area (Å²) < 4.78 is 2.00. The van der Waals surface area contributed by atoms with Crippen molar-refractivity contribution in [3.05, 3.63) is 23.0 Å². The number of hydrogen-bond acceptors (Lipinski definition) is 4. The van der Waals surface area contributed by atoms with E-state index >= 15 is 0 Å². The number of Topliss-reactive ketones (excluding diaryl/α,β-unsaturated/α-hetero) is 1. The summed E-state index contributed by atoms with van der Waals surface area (Å²) in [6.07, 6.45) is 3.64. The Balaban J connectivity index is 1.81. The van der Waals surface area contributed by atoms with Gasteiger partial charge in [-0.15, -0.1) is 0 Å². The van der Waals surface area contributed by atoms with Crippen molar-refractivity contribution in [3.63, 3.8) is 0 Å². The van der Waals surface area contributed by atoms with Gasteiger partial charge in [-0.3, -0.25) is 19.3 Å². The minimum atomic E-state index is -0.893. The Bertz CT molecular complexity index is 810. The highest BCUT2D eigenvalue weighted by molar-refractivity contribution is 6.45. The standard InChI is InChI=1S/C20H27N3O4/c1-5-21-13(3)10-15(14(21)4)17(24)11-22-18(25)19(26)23(20(22)27)16-9-7-6-8-12(16)2/h10,12,16H,5-9,11H2,1-4H3/t12-,16+/m0/s1. The topological polar surface area (TPSA) is 79.7 Å². The van der Waals surface area contributed by atoms with Gasteiger partial charge in [0.05, 0.1) is 6.54 Å². The summed E-state index contributed by atoms with van der Waals surface area (Å²) >= 11 is 0. The summed E-state index contributed by atoms with van der Waals surface area (Å²) in [5.41, 5.74) is 2.25. The first-order valence-electron chi connectivity index (χ1n) is 9.66. The lowest BCUT2D eigenvalue weighted by molar-refractivity contribution is -0.144. The largest absolute Gasteiger partial charge is 0.349 e. The summed E-state index contributed by atoms with van der Waals surface area (Å²) in [5, 5.41) is 0. The van der Waals surface area contributed by atoms with Gasteiger partial charge in [0.2, 0.25) is 0 Å². The molecule has 2 aliphatic rings. The second kappa shape index (κ2) is 7.29. The molecule has 7 heteroatoms. The van der Waals surface area contributed by atoms with Gasteiger partial charge in [0.25, 0.3) is 0 Å². The third-order valence-electron chi connectivity index (χ3n) is 5.97. The normalized spacial score (nSPS) is 23.5. The van der Waals surface area contributed by atoms with Gasteiger partial charge in [0, 0.05) is 29.5 Å². The lowest BCUT2D eigenvalue weighted by atomic mass is 9.85. The Labute approximate surface area is 159 Å². The first kappa shape index (κ1) is 19.3. The van der Waals surface area contributed by atoms with Gasteiger partial charge in [-0.05, 0) is 45.6 Å². The Morgan fingerprint density at radius 1 is 1.11 bits per heavy atom. The van der Waals surface area contributed by atoms with Crippen LogP contribution in [-0.2, 0) is 16.1 Å². The molecule has 1 aliphatic carbocycles. The Morgan fingerprint density at radius 3 is 2.37 bits per heavy atom. The number of rotatable bonds is 5. The summed E-state index contributed by atoms with van der Waals surface area (Å²) in [5.74, 6) is -1.85. The summed E-state index contributed by atoms with van der Waals surface area (Å²) in [4.78, 5) is 52.3. The van der Waals surface area contributed by atoms with E-state index in [0.717, 1.165) is 47.0 Å². The number of aromatic nitrogens is 1. The van der Waals surface area contributed by atoms with Crippen LogP contribution in [0, 0.1) is 19.8 Å². The number of nitrogens with zero attached hydrogens (tertiary/aromatic N) is 3. The van der Waals surface area contributed by atoms with Crippen molar-refractivity contribution in [1.82, 2.24) is 14.4 Å². The molecular weight excluding hydrogens is 346 g/mol. The van der Waals surface area contributed by atoms with E-state index in [2.05, 4.69) is 0 Å². The monoisotopic (exact) mass is 373 g/mol. The number of carbonyl (C=O) groups excluding carboxylic acids is 4. The maximum Gasteiger partial charge on any atom is 0.334 e. The van der Waals surface area contributed by atoms with Crippen molar-refractivity contribution < 1.29 is 19.2 Å². The van der Waals surface area contributed by atoms with E-state index in [0.29, 0.717) is 12.0 Å². The van der Waals surface area contributed by atoms with Crippen LogP contribution in [0.15, 0.2) is 6.07 Å². The van der Waals surface area contributed by atoms with E-state index in [1.54, 1.807) is 6.07 Å². The van der Waals surface area contributed by atoms with Crippen LogP contribution < -0.4 is 0 Å². The number of hydrogen-bond donors (Lipinski definition) is 0. The van der Waals surface area contributed by atoms with Crippen molar-refractivity contribution in [2.75, 3.05) is 6.54 Å². The first-order chi connectivity index (χ1) is 12.8. The average molecular weight is 373 g/mol. The summed E-state index contributed by atoms with van der Waals surface area (Å²) in [6.45, 7) is 8.09. The minimum Gasteiger partial charge on any atom is -0.349 e. The molecule has 0 bridgehead atoms. The van der Waals surface area contributed by atoms with Gasteiger partial charge in [-0.1, -0.05) is 19.8 Å². The smallest absolute Gasteiger partial charge is 0.334 e. The van der Waals surface area contributed by atoms with E-state index < -0.39 is 24.4 Å². The first-order valence-corrected chi connectivity index (χ1v) is 9.66. The molecule has 2 atom stereocenters. The molecule has 1 saturated heterocycles. The van der Waals surface area contributed by atoms with Gasteiger partial charge in [-0.25, -0.2) is 9.69 Å². The molecule has 0 unspecified atom stereocenters. The van der Waals surface area contributed by atoms with Crippen molar-refractivity contribution in [3.8, 4) is 0 Å². The highest BCUT2D eigenvalue weighted by Gasteiger charge is 2.49. The van der Waals surface area contributed by atoms with Gasteiger partial charge >= 0.3 is 17.8 Å². The number of amides is 4. The van der Waals surface area contributed by atoms with Crippen molar-refractivity contribution in [2.24, 2.45) is 5.92 Å². The van der Waals surface area contributed by atoms with Crippen LogP contribution in [-0.4, -0.2) is 50.6 Å². The zero-order chi connectivity index (χ0) is 19.9. The third kappa shape index (κ3) is 3.19. The van der Waals surface area contributed by atoms with Crippen molar-refractivity contribution in [2.45, 2.75) is 66.0 Å². The molecule has 27 heavy (non-hydrogen) atoms. The molecule has 7 nitrogen and oxygen atoms in total. The predicted molar refractivity (Wildman–Crippen MR) is 99.3 cm³/mol. The number of imide groups is 2. The van der Waals surface area contributed by atoms with Crippen LogP contribution in [0.5, 0.6) is 0 Å². The Morgan fingerprint density at radius 2 is 1.78 bits per heavy atom. The Hall–Kier alpha value is -2.44. The molecule has 0 aromatic carbocycles. The quantitative estimate of drug-likeness (QED) is 0.451. The van der Waals surface area contributed by atoms with Gasteiger partial charge in [0.1, 0.15) is 0 Å². The SMILES string of the molecule is CCn1c(C)cc(C(=O)CN2C(=O)C(=O)N([C@@H]3CCCC[C@@H]3C)C2=O)c1C. The second-order valence-corrected chi connectivity index (χ2v) is 7.63. The zero-order valence-corrected chi connectivity index (χ0v) is 16.4. The third-order valence-corrected chi connectivity index (χ3v) is 5.97. The predicted octanol–water partition coefficient (Wildman–Crippen LogP) is 2.68. The molecule has 1 saturated carbocycles. The number of urea groups is 1. The molecule has 2 fully saturated rings. The fourth-order valence-electron chi connectivity index (χ4n) is 4.43.